The van der Waals surface area contributed by atoms with E-state index in [1.165, 1.54) is 5.56 Å². The molecule has 0 atom stereocenters. The molecule has 26 heavy (non-hydrogen) atoms. The summed E-state index contributed by atoms with van der Waals surface area (Å²) in [6, 6.07) is 3.97. The molecular formula is C19H24N6O. The number of hydrogen-bond donors (Lipinski definition) is 0. The molecule has 0 amide bonds. The van der Waals surface area contributed by atoms with Crippen LogP contribution in [0.2, 0.25) is 0 Å². The maximum Gasteiger partial charge on any atom is 0.254 e. The van der Waals surface area contributed by atoms with Crippen LogP contribution in [0, 0.1) is 26.7 Å². The first-order valence-electron chi connectivity index (χ1n) is 9.10. The lowest BCUT2D eigenvalue weighted by Crippen LogP contribution is -2.37. The van der Waals surface area contributed by atoms with E-state index in [1.54, 1.807) is 12.5 Å². The van der Waals surface area contributed by atoms with Crippen molar-refractivity contribution in [1.29, 1.82) is 0 Å². The van der Waals surface area contributed by atoms with Crippen LogP contribution in [0.15, 0.2) is 24.7 Å². The van der Waals surface area contributed by atoms with Crippen molar-refractivity contribution < 1.29 is 4.74 Å². The molecule has 0 spiro atoms. The number of piperidine rings is 1. The second kappa shape index (κ2) is 6.90. The van der Waals surface area contributed by atoms with Gasteiger partial charge in [-0.2, -0.15) is 14.6 Å². The van der Waals surface area contributed by atoms with E-state index in [0.717, 1.165) is 55.5 Å². The zero-order valence-electron chi connectivity index (χ0n) is 15.5. The number of aryl methyl sites for hydroxylation is 2. The first kappa shape index (κ1) is 16.8. The van der Waals surface area contributed by atoms with Crippen molar-refractivity contribution in [2.45, 2.75) is 33.6 Å². The van der Waals surface area contributed by atoms with Crippen molar-refractivity contribution in [2.75, 3.05) is 24.6 Å². The zero-order chi connectivity index (χ0) is 18.1. The molecule has 0 aliphatic carbocycles. The van der Waals surface area contributed by atoms with Crippen LogP contribution in [-0.4, -0.2) is 44.3 Å². The molecule has 136 valence electrons. The second-order valence-corrected chi connectivity index (χ2v) is 6.98. The molecule has 1 aliphatic rings. The lowest BCUT2D eigenvalue weighted by atomic mass is 9.97. The largest absolute Gasteiger partial charge is 0.477 e. The van der Waals surface area contributed by atoms with Crippen LogP contribution in [-0.2, 0) is 0 Å². The van der Waals surface area contributed by atoms with Gasteiger partial charge in [-0.05, 0) is 45.6 Å². The van der Waals surface area contributed by atoms with Crippen LogP contribution < -0.4 is 9.64 Å². The highest BCUT2D eigenvalue weighted by atomic mass is 16.5. The molecule has 0 bridgehead atoms. The van der Waals surface area contributed by atoms with Gasteiger partial charge in [-0.25, -0.2) is 9.97 Å². The SMILES string of the molecule is Cc1cccnc1OCC1CCN(c2c(C)c(C)nc3ncnn23)CC1. The third-order valence-electron chi connectivity index (χ3n) is 5.21. The van der Waals surface area contributed by atoms with E-state index in [2.05, 4.69) is 31.9 Å². The lowest BCUT2D eigenvalue weighted by molar-refractivity contribution is 0.214. The van der Waals surface area contributed by atoms with Gasteiger partial charge >= 0.3 is 0 Å². The highest BCUT2D eigenvalue weighted by Gasteiger charge is 2.24. The molecule has 0 radical (unpaired) electrons. The van der Waals surface area contributed by atoms with Gasteiger partial charge in [-0.1, -0.05) is 6.07 Å². The average Bonchev–Trinajstić information content (AvgIpc) is 3.10. The molecule has 4 heterocycles. The van der Waals surface area contributed by atoms with Gasteiger partial charge in [0.2, 0.25) is 5.88 Å². The summed E-state index contributed by atoms with van der Waals surface area (Å²) in [7, 11) is 0. The minimum atomic E-state index is 0.544. The number of nitrogens with zero attached hydrogens (tertiary/aromatic N) is 6. The molecule has 0 unspecified atom stereocenters. The molecular weight excluding hydrogens is 328 g/mol. The molecule has 1 fully saturated rings. The maximum absolute atomic E-state index is 5.95. The summed E-state index contributed by atoms with van der Waals surface area (Å²) in [4.78, 5) is 15.5. The Balaban J connectivity index is 1.44. The number of pyridine rings is 1. The van der Waals surface area contributed by atoms with Gasteiger partial charge in [0.25, 0.3) is 5.78 Å². The maximum atomic E-state index is 5.95. The van der Waals surface area contributed by atoms with Crippen LogP contribution >= 0.6 is 0 Å². The Kier molecular flexibility index (Phi) is 4.44. The minimum absolute atomic E-state index is 0.544. The van der Waals surface area contributed by atoms with Gasteiger partial charge in [0, 0.05) is 36.1 Å². The quantitative estimate of drug-likeness (QED) is 0.719. The van der Waals surface area contributed by atoms with Gasteiger partial charge in [-0.3, -0.25) is 0 Å². The number of anilines is 1. The smallest absolute Gasteiger partial charge is 0.254 e. The normalized spacial score (nSPS) is 15.6. The predicted molar refractivity (Wildman–Crippen MR) is 99.7 cm³/mol. The van der Waals surface area contributed by atoms with E-state index in [-0.39, 0.29) is 0 Å². The Morgan fingerprint density at radius 3 is 2.73 bits per heavy atom. The number of aromatic nitrogens is 5. The standard InChI is InChI=1S/C19H24N6O/c1-13-5-4-8-20-17(13)26-11-16-6-9-24(10-7-16)18-14(2)15(3)23-19-21-12-22-25(18)19/h4-5,8,12,16H,6-7,9-11H2,1-3H3. The number of ether oxygens (including phenoxy) is 1. The van der Waals surface area contributed by atoms with Gasteiger partial charge < -0.3 is 9.64 Å². The molecule has 4 rings (SSSR count). The van der Waals surface area contributed by atoms with E-state index in [1.807, 2.05) is 30.5 Å². The van der Waals surface area contributed by atoms with Crippen LogP contribution in [0.25, 0.3) is 5.78 Å². The summed E-state index contributed by atoms with van der Waals surface area (Å²) in [5, 5.41) is 4.37. The Morgan fingerprint density at radius 2 is 1.96 bits per heavy atom. The molecule has 3 aromatic rings. The van der Waals surface area contributed by atoms with Gasteiger partial charge in [0.1, 0.15) is 12.1 Å². The summed E-state index contributed by atoms with van der Waals surface area (Å²) in [5.41, 5.74) is 3.26. The Bertz CT molecular complexity index is 914. The molecule has 7 nitrogen and oxygen atoms in total. The van der Waals surface area contributed by atoms with Crippen molar-refractivity contribution in [3.63, 3.8) is 0 Å². The van der Waals surface area contributed by atoms with Gasteiger partial charge in [-0.15, -0.1) is 0 Å². The molecule has 7 heteroatoms. The number of rotatable bonds is 4. The second-order valence-electron chi connectivity index (χ2n) is 6.98. The molecule has 0 saturated carbocycles. The third kappa shape index (κ3) is 3.09. The molecule has 1 saturated heterocycles. The predicted octanol–water partition coefficient (Wildman–Crippen LogP) is 2.74. The van der Waals surface area contributed by atoms with E-state index in [4.69, 9.17) is 4.74 Å². The molecule has 1 aliphatic heterocycles. The van der Waals surface area contributed by atoms with E-state index < -0.39 is 0 Å². The van der Waals surface area contributed by atoms with Crippen LogP contribution in [0.4, 0.5) is 5.82 Å². The van der Waals surface area contributed by atoms with Crippen LogP contribution in [0.5, 0.6) is 5.88 Å². The van der Waals surface area contributed by atoms with E-state index in [9.17, 15) is 0 Å². The van der Waals surface area contributed by atoms with E-state index >= 15 is 0 Å². The monoisotopic (exact) mass is 352 g/mol. The Hall–Kier alpha value is -2.70. The van der Waals surface area contributed by atoms with Crippen molar-refractivity contribution in [3.05, 3.63) is 41.5 Å². The summed E-state index contributed by atoms with van der Waals surface area (Å²) in [5.74, 6) is 3.08. The fourth-order valence-corrected chi connectivity index (χ4v) is 3.52. The summed E-state index contributed by atoms with van der Waals surface area (Å²) < 4.78 is 7.81. The van der Waals surface area contributed by atoms with Gasteiger partial charge in [0.05, 0.1) is 6.61 Å². The molecule has 3 aromatic heterocycles. The lowest BCUT2D eigenvalue weighted by Gasteiger charge is -2.34. The Labute approximate surface area is 153 Å². The molecule has 0 aromatic carbocycles. The minimum Gasteiger partial charge on any atom is -0.477 e. The van der Waals surface area contributed by atoms with Crippen LogP contribution in [0.3, 0.4) is 0 Å². The molecule has 0 N–H and O–H groups in total. The van der Waals surface area contributed by atoms with Crippen molar-refractivity contribution >= 4 is 11.6 Å². The summed E-state index contributed by atoms with van der Waals surface area (Å²) in [6.07, 6.45) is 5.52. The van der Waals surface area contributed by atoms with Crippen molar-refractivity contribution in [3.8, 4) is 5.88 Å². The van der Waals surface area contributed by atoms with Crippen molar-refractivity contribution in [1.82, 2.24) is 24.6 Å². The van der Waals surface area contributed by atoms with E-state index in [0.29, 0.717) is 11.7 Å². The summed E-state index contributed by atoms with van der Waals surface area (Å²) >= 11 is 0. The van der Waals surface area contributed by atoms with Crippen LogP contribution in [0.1, 0.15) is 29.7 Å². The fourth-order valence-electron chi connectivity index (χ4n) is 3.52. The highest BCUT2D eigenvalue weighted by molar-refractivity contribution is 5.54. The first-order chi connectivity index (χ1) is 12.6. The number of fused-ring (bicyclic) bond motifs is 1. The highest BCUT2D eigenvalue weighted by Crippen LogP contribution is 2.28. The number of hydrogen-bond acceptors (Lipinski definition) is 6. The topological polar surface area (TPSA) is 68.4 Å². The zero-order valence-corrected chi connectivity index (χ0v) is 15.5. The van der Waals surface area contributed by atoms with Crippen molar-refractivity contribution in [2.24, 2.45) is 5.92 Å². The summed E-state index contributed by atoms with van der Waals surface area (Å²) in [6.45, 7) is 8.85. The van der Waals surface area contributed by atoms with Gasteiger partial charge in [0.15, 0.2) is 0 Å². The fraction of sp³-hybridized carbons (Fsp3) is 0.474. The average molecular weight is 352 g/mol. The Morgan fingerprint density at radius 1 is 1.15 bits per heavy atom. The third-order valence-corrected chi connectivity index (χ3v) is 5.21. The first-order valence-corrected chi connectivity index (χ1v) is 9.10.